The van der Waals surface area contributed by atoms with Gasteiger partial charge in [-0.2, -0.15) is 0 Å². The van der Waals surface area contributed by atoms with E-state index in [2.05, 4.69) is 40.7 Å². The van der Waals surface area contributed by atoms with Crippen LogP contribution in [-0.2, 0) is 4.79 Å². The molecule has 0 aromatic rings. The minimum Gasteiger partial charge on any atom is -0.392 e. The van der Waals surface area contributed by atoms with Crippen molar-refractivity contribution in [1.82, 2.24) is 0 Å². The van der Waals surface area contributed by atoms with E-state index in [1.165, 1.54) is 37.7 Å². The Kier molecular flexibility index (Phi) is 6.58. The average molecular weight is 457 g/mol. The van der Waals surface area contributed by atoms with Crippen molar-refractivity contribution < 1.29 is 15.0 Å². The maximum Gasteiger partial charge on any atom is 0.138 e. The molecule has 3 heteroatoms. The number of Topliss-reactive ketones (excluding diaryl/α,β-unsaturated/α-hetero) is 1. The monoisotopic (exact) mass is 456 g/mol. The van der Waals surface area contributed by atoms with Crippen molar-refractivity contribution in [3.63, 3.8) is 0 Å². The van der Waals surface area contributed by atoms with Crippen molar-refractivity contribution >= 4 is 5.78 Å². The van der Waals surface area contributed by atoms with Gasteiger partial charge in [0.15, 0.2) is 0 Å². The zero-order valence-corrected chi connectivity index (χ0v) is 22.1. The van der Waals surface area contributed by atoms with Gasteiger partial charge < -0.3 is 10.2 Å². The van der Waals surface area contributed by atoms with Gasteiger partial charge in [0, 0.05) is 11.8 Å². The Morgan fingerprint density at radius 3 is 2.30 bits per heavy atom. The summed E-state index contributed by atoms with van der Waals surface area (Å²) >= 11 is 0. The van der Waals surface area contributed by atoms with Gasteiger partial charge in [0.05, 0.1) is 13.2 Å². The molecule has 4 rings (SSSR count). The van der Waals surface area contributed by atoms with Crippen LogP contribution < -0.4 is 0 Å². The van der Waals surface area contributed by atoms with Gasteiger partial charge in [0.2, 0.25) is 0 Å². The van der Waals surface area contributed by atoms with Crippen LogP contribution in [0, 0.1) is 39.4 Å². The molecule has 186 valence electrons. The number of hydrogen-bond acceptors (Lipinski definition) is 3. The van der Waals surface area contributed by atoms with Crippen molar-refractivity contribution in [1.29, 1.82) is 0 Å². The molecule has 0 heterocycles. The van der Waals surface area contributed by atoms with Crippen LogP contribution in [0.2, 0.25) is 0 Å². The number of rotatable bonds is 5. The van der Waals surface area contributed by atoms with Crippen LogP contribution in [0.25, 0.3) is 0 Å². The third kappa shape index (κ3) is 3.63. The van der Waals surface area contributed by atoms with Gasteiger partial charge in [-0.3, -0.25) is 4.79 Å². The molecule has 0 bridgehead atoms. The molecule has 0 aromatic carbocycles. The Hall–Kier alpha value is -0.930. The lowest BCUT2D eigenvalue weighted by Crippen LogP contribution is -2.63. The molecule has 6 atom stereocenters. The predicted octanol–water partition coefficient (Wildman–Crippen LogP) is 6.63. The van der Waals surface area contributed by atoms with Crippen molar-refractivity contribution in [3.05, 3.63) is 22.8 Å². The van der Waals surface area contributed by atoms with E-state index in [1.54, 1.807) is 5.57 Å². The molecular formula is C30H48O3. The second-order valence-electron chi connectivity index (χ2n) is 13.3. The van der Waals surface area contributed by atoms with Gasteiger partial charge in [0.25, 0.3) is 0 Å². The minimum absolute atomic E-state index is 0.119. The van der Waals surface area contributed by atoms with E-state index >= 15 is 0 Å². The first kappa shape index (κ1) is 25.2. The van der Waals surface area contributed by atoms with Gasteiger partial charge >= 0.3 is 0 Å². The summed E-state index contributed by atoms with van der Waals surface area (Å²) in [5.74, 6) is 2.26. The molecule has 0 spiro atoms. The fourth-order valence-corrected chi connectivity index (χ4v) is 9.64. The smallest absolute Gasteiger partial charge is 0.138 e. The van der Waals surface area contributed by atoms with Crippen molar-refractivity contribution in [3.8, 4) is 0 Å². The summed E-state index contributed by atoms with van der Waals surface area (Å²) in [5, 5.41) is 19.6. The first-order valence-electron chi connectivity index (χ1n) is 13.6. The number of aliphatic hydroxyl groups is 2. The Labute approximate surface area is 202 Å². The van der Waals surface area contributed by atoms with E-state index in [-0.39, 0.29) is 29.5 Å². The van der Waals surface area contributed by atoms with Crippen molar-refractivity contribution in [2.24, 2.45) is 39.4 Å². The lowest BCUT2D eigenvalue weighted by molar-refractivity contribution is -0.197. The molecule has 2 N–H and O–H groups in total. The molecule has 0 amide bonds. The number of carbonyl (C=O) groups excluding carboxylic acids is 1. The van der Waals surface area contributed by atoms with E-state index < -0.39 is 0 Å². The Balaban J connectivity index is 1.64. The maximum absolute atomic E-state index is 12.8. The highest BCUT2D eigenvalue weighted by molar-refractivity contribution is 5.85. The summed E-state index contributed by atoms with van der Waals surface area (Å²) in [7, 11) is 0. The molecule has 4 saturated carbocycles. The van der Waals surface area contributed by atoms with Crippen LogP contribution in [-0.4, -0.2) is 29.2 Å². The Morgan fingerprint density at radius 1 is 0.909 bits per heavy atom. The molecule has 0 unspecified atom stereocenters. The zero-order chi connectivity index (χ0) is 24.2. The fourth-order valence-electron chi connectivity index (χ4n) is 9.64. The molecule has 4 fully saturated rings. The van der Waals surface area contributed by atoms with Crippen LogP contribution in [0.4, 0.5) is 0 Å². The molecular weight excluding hydrogens is 408 g/mol. The predicted molar refractivity (Wildman–Crippen MR) is 135 cm³/mol. The van der Waals surface area contributed by atoms with E-state index in [0.717, 1.165) is 37.7 Å². The molecule has 4 aliphatic rings. The molecule has 0 radical (unpaired) electrons. The molecule has 3 nitrogen and oxygen atoms in total. The molecule has 0 saturated heterocycles. The summed E-state index contributed by atoms with van der Waals surface area (Å²) in [6.45, 7) is 14.4. The number of hydrogen-bond donors (Lipinski definition) is 2. The molecule has 4 aliphatic carbocycles. The maximum atomic E-state index is 12.8. The fraction of sp³-hybridized carbons (Fsp3) is 0.833. The lowest BCUT2D eigenvalue weighted by Gasteiger charge is -2.68. The van der Waals surface area contributed by atoms with Gasteiger partial charge in [0.1, 0.15) is 5.78 Å². The third-order valence-electron chi connectivity index (χ3n) is 11.8. The third-order valence-corrected chi connectivity index (χ3v) is 11.8. The van der Waals surface area contributed by atoms with E-state index in [1.807, 2.05) is 6.92 Å². The van der Waals surface area contributed by atoms with Crippen LogP contribution in [0.3, 0.4) is 0 Å². The number of fused-ring (bicyclic) bond motifs is 5. The first-order valence-corrected chi connectivity index (χ1v) is 13.6. The van der Waals surface area contributed by atoms with Crippen LogP contribution in [0.15, 0.2) is 22.8 Å². The molecule has 33 heavy (non-hydrogen) atoms. The van der Waals surface area contributed by atoms with E-state index in [0.29, 0.717) is 29.0 Å². The van der Waals surface area contributed by atoms with E-state index in [4.69, 9.17) is 0 Å². The Bertz CT molecular complexity index is 851. The minimum atomic E-state index is -0.183. The summed E-state index contributed by atoms with van der Waals surface area (Å²) in [6, 6.07) is 0. The quantitative estimate of drug-likeness (QED) is 0.456. The second kappa shape index (κ2) is 8.63. The van der Waals surface area contributed by atoms with Gasteiger partial charge in [-0.05, 0) is 104 Å². The SMILES string of the molecule is C/C(=C/CC/C(CO)=C1\CC[C@]2(C)[C@@H]1CC[C@@H]1[C@@]3(C)CCC(=O)C(C)(C)[C@@H]3CC[C@]12C)CO. The number of aliphatic hydroxyl groups excluding tert-OH is 2. The van der Waals surface area contributed by atoms with Crippen molar-refractivity contribution in [2.45, 2.75) is 106 Å². The first-order chi connectivity index (χ1) is 15.5. The Morgan fingerprint density at radius 2 is 1.64 bits per heavy atom. The van der Waals surface area contributed by atoms with Crippen LogP contribution in [0.1, 0.15) is 106 Å². The summed E-state index contributed by atoms with van der Waals surface area (Å²) < 4.78 is 0. The standard InChI is InChI=1S/C30H48O3/c1-20(18-31)8-7-9-21(19-32)22-12-16-29(5)23(22)10-11-25-28(4)15-14-26(33)27(2,3)24(28)13-17-30(25,29)6/h8,23-25,31-32H,7,9-19H2,1-6H3/b20-8-,22-21-/t23-,24+,25-,28+,29-,30-/m1/s1. The summed E-state index contributed by atoms with van der Waals surface area (Å²) in [6.07, 6.45) is 13.0. The highest BCUT2D eigenvalue weighted by Crippen LogP contribution is 2.75. The van der Waals surface area contributed by atoms with E-state index in [9.17, 15) is 15.0 Å². The zero-order valence-electron chi connectivity index (χ0n) is 22.1. The average Bonchev–Trinajstić information content (AvgIpc) is 3.12. The summed E-state index contributed by atoms with van der Waals surface area (Å²) in [5.41, 5.74) is 4.49. The lowest BCUT2D eigenvalue weighted by atomic mass is 9.36. The summed E-state index contributed by atoms with van der Waals surface area (Å²) in [4.78, 5) is 12.8. The van der Waals surface area contributed by atoms with Gasteiger partial charge in [-0.1, -0.05) is 51.8 Å². The molecule has 0 aromatic heterocycles. The van der Waals surface area contributed by atoms with Gasteiger partial charge in [-0.15, -0.1) is 0 Å². The number of carbonyl (C=O) groups is 1. The number of ketones is 1. The highest BCUT2D eigenvalue weighted by atomic mass is 16.3. The largest absolute Gasteiger partial charge is 0.392 e. The molecule has 0 aliphatic heterocycles. The van der Waals surface area contributed by atoms with Crippen LogP contribution in [0.5, 0.6) is 0 Å². The topological polar surface area (TPSA) is 57.5 Å². The van der Waals surface area contributed by atoms with Crippen molar-refractivity contribution in [2.75, 3.05) is 13.2 Å². The van der Waals surface area contributed by atoms with Crippen LogP contribution >= 0.6 is 0 Å². The second-order valence-corrected chi connectivity index (χ2v) is 13.3. The normalized spacial score (nSPS) is 44.2. The van der Waals surface area contributed by atoms with Gasteiger partial charge in [-0.25, -0.2) is 0 Å². The number of allylic oxidation sites excluding steroid dienone is 2. The highest BCUT2D eigenvalue weighted by Gasteiger charge is 2.68.